The molecule has 1 aromatic carbocycles. The van der Waals surface area contributed by atoms with Crippen LogP contribution in [0.2, 0.25) is 5.02 Å². The van der Waals surface area contributed by atoms with E-state index in [2.05, 4.69) is 5.10 Å². The quantitative estimate of drug-likeness (QED) is 0.848. The Morgan fingerprint density at radius 1 is 1.21 bits per heavy atom. The van der Waals surface area contributed by atoms with Gasteiger partial charge in [-0.3, -0.25) is 9.89 Å². The van der Waals surface area contributed by atoms with E-state index in [9.17, 15) is 18.0 Å². The van der Waals surface area contributed by atoms with Gasteiger partial charge in [-0.05, 0) is 23.7 Å². The molecule has 0 atom stereocenters. The minimum Gasteiger partial charge on any atom is -0.275 e. The number of aromatic nitrogens is 2. The maximum atomic E-state index is 12.7. The van der Waals surface area contributed by atoms with E-state index >= 15 is 0 Å². The highest BCUT2D eigenvalue weighted by Crippen LogP contribution is 2.35. The summed E-state index contributed by atoms with van der Waals surface area (Å²) >= 11 is 10.9. The number of H-pyrrole nitrogens is 1. The molecule has 0 aliphatic carbocycles. The SMILES string of the molecule is O=C(Cl)c1c(-c2ccc(Cl)cc2)n[nH]c1C(F)(F)F. The number of benzene rings is 1. The van der Waals surface area contributed by atoms with Gasteiger partial charge >= 0.3 is 6.18 Å². The van der Waals surface area contributed by atoms with Gasteiger partial charge in [0.25, 0.3) is 5.24 Å². The lowest BCUT2D eigenvalue weighted by Crippen LogP contribution is -2.10. The molecule has 3 nitrogen and oxygen atoms in total. The van der Waals surface area contributed by atoms with E-state index in [1.165, 1.54) is 24.3 Å². The molecule has 0 amide bonds. The van der Waals surface area contributed by atoms with Crippen molar-refractivity contribution >= 4 is 28.4 Å². The van der Waals surface area contributed by atoms with Gasteiger partial charge in [0.05, 0.1) is 5.56 Å². The second-order valence-electron chi connectivity index (χ2n) is 3.60. The second-order valence-corrected chi connectivity index (χ2v) is 4.38. The van der Waals surface area contributed by atoms with Crippen LogP contribution in [0.3, 0.4) is 0 Å². The topological polar surface area (TPSA) is 45.8 Å². The van der Waals surface area contributed by atoms with Crippen LogP contribution in [0.15, 0.2) is 24.3 Å². The minimum atomic E-state index is -4.74. The van der Waals surface area contributed by atoms with Crippen molar-refractivity contribution in [1.82, 2.24) is 10.2 Å². The highest BCUT2D eigenvalue weighted by atomic mass is 35.5. The Labute approximate surface area is 115 Å². The van der Waals surface area contributed by atoms with Crippen LogP contribution in [0.25, 0.3) is 11.3 Å². The summed E-state index contributed by atoms with van der Waals surface area (Å²) in [6.07, 6.45) is -4.74. The summed E-state index contributed by atoms with van der Waals surface area (Å²) in [5.41, 5.74) is -1.82. The van der Waals surface area contributed by atoms with Gasteiger partial charge in [0, 0.05) is 10.6 Å². The van der Waals surface area contributed by atoms with E-state index < -0.39 is 22.7 Å². The van der Waals surface area contributed by atoms with Gasteiger partial charge in [-0.2, -0.15) is 18.3 Å². The van der Waals surface area contributed by atoms with Crippen LogP contribution >= 0.6 is 23.2 Å². The lowest BCUT2D eigenvalue weighted by atomic mass is 10.1. The highest BCUT2D eigenvalue weighted by molar-refractivity contribution is 6.68. The van der Waals surface area contributed by atoms with Crippen molar-refractivity contribution in [2.75, 3.05) is 0 Å². The Kier molecular flexibility index (Phi) is 3.56. The van der Waals surface area contributed by atoms with E-state index in [0.29, 0.717) is 10.6 Å². The number of carbonyl (C=O) groups is 1. The van der Waals surface area contributed by atoms with E-state index in [1.807, 2.05) is 0 Å². The van der Waals surface area contributed by atoms with Crippen molar-refractivity contribution in [3.8, 4) is 11.3 Å². The van der Waals surface area contributed by atoms with Crippen LogP contribution in [-0.4, -0.2) is 15.4 Å². The van der Waals surface area contributed by atoms with Gasteiger partial charge in [-0.25, -0.2) is 0 Å². The van der Waals surface area contributed by atoms with Crippen LogP contribution in [0.5, 0.6) is 0 Å². The summed E-state index contributed by atoms with van der Waals surface area (Å²) in [7, 11) is 0. The van der Waals surface area contributed by atoms with E-state index in [-0.39, 0.29) is 5.69 Å². The van der Waals surface area contributed by atoms with Crippen molar-refractivity contribution in [3.05, 3.63) is 40.5 Å². The summed E-state index contributed by atoms with van der Waals surface area (Å²) in [4.78, 5) is 11.2. The summed E-state index contributed by atoms with van der Waals surface area (Å²) in [5.74, 6) is 0. The van der Waals surface area contributed by atoms with Gasteiger partial charge in [0.1, 0.15) is 5.69 Å². The number of carbonyl (C=O) groups excluding carboxylic acids is 1. The molecule has 0 unspecified atom stereocenters. The van der Waals surface area contributed by atoms with Gasteiger partial charge in [0.15, 0.2) is 5.69 Å². The number of nitrogens with one attached hydrogen (secondary N) is 1. The maximum Gasteiger partial charge on any atom is 0.433 e. The third-order valence-corrected chi connectivity index (χ3v) is 2.80. The largest absolute Gasteiger partial charge is 0.433 e. The molecule has 2 rings (SSSR count). The van der Waals surface area contributed by atoms with Crippen LogP contribution in [0.4, 0.5) is 13.2 Å². The Hall–Kier alpha value is -1.53. The first-order chi connectivity index (χ1) is 8.80. The molecule has 0 aliphatic rings. The molecule has 0 radical (unpaired) electrons. The van der Waals surface area contributed by atoms with Crippen LogP contribution < -0.4 is 0 Å². The summed E-state index contributed by atoms with van der Waals surface area (Å²) < 4.78 is 38.1. The smallest absolute Gasteiger partial charge is 0.275 e. The Balaban J connectivity index is 2.62. The number of halogens is 5. The first-order valence-corrected chi connectivity index (χ1v) is 5.67. The van der Waals surface area contributed by atoms with E-state index in [4.69, 9.17) is 23.2 Å². The van der Waals surface area contributed by atoms with Crippen molar-refractivity contribution in [2.45, 2.75) is 6.18 Å². The van der Waals surface area contributed by atoms with E-state index in [0.717, 1.165) is 0 Å². The zero-order chi connectivity index (χ0) is 14.2. The molecule has 0 saturated carbocycles. The Morgan fingerprint density at radius 2 is 1.79 bits per heavy atom. The number of aromatic amines is 1. The fourth-order valence-corrected chi connectivity index (χ4v) is 1.87. The molecule has 19 heavy (non-hydrogen) atoms. The average molecular weight is 309 g/mol. The second kappa shape index (κ2) is 4.86. The average Bonchev–Trinajstić information content (AvgIpc) is 2.74. The fourth-order valence-electron chi connectivity index (χ4n) is 1.56. The molecular weight excluding hydrogens is 304 g/mol. The lowest BCUT2D eigenvalue weighted by Gasteiger charge is -2.05. The first-order valence-electron chi connectivity index (χ1n) is 4.92. The van der Waals surface area contributed by atoms with Crippen molar-refractivity contribution in [2.24, 2.45) is 0 Å². The Bertz CT molecular complexity index is 620. The van der Waals surface area contributed by atoms with Crippen molar-refractivity contribution < 1.29 is 18.0 Å². The standard InChI is InChI=1S/C11H5Cl2F3N2O/c12-6-3-1-5(2-4-6)8-7(10(13)19)9(18-17-8)11(14,15)16/h1-4H,(H,17,18). The summed E-state index contributed by atoms with van der Waals surface area (Å²) in [6, 6.07) is 5.84. The number of hydrogen-bond acceptors (Lipinski definition) is 2. The number of hydrogen-bond donors (Lipinski definition) is 1. The minimum absolute atomic E-state index is 0.163. The predicted octanol–water partition coefficient (Wildman–Crippen LogP) is 4.13. The molecule has 0 spiro atoms. The number of rotatable bonds is 2. The molecule has 0 fully saturated rings. The van der Waals surface area contributed by atoms with Gasteiger partial charge < -0.3 is 0 Å². The molecule has 2 aromatic rings. The lowest BCUT2D eigenvalue weighted by molar-refractivity contribution is -0.141. The monoisotopic (exact) mass is 308 g/mol. The third kappa shape index (κ3) is 2.74. The van der Waals surface area contributed by atoms with Crippen LogP contribution in [0.1, 0.15) is 16.1 Å². The zero-order valence-corrected chi connectivity index (χ0v) is 10.6. The van der Waals surface area contributed by atoms with E-state index in [1.54, 1.807) is 5.10 Å². The molecule has 1 heterocycles. The molecule has 8 heteroatoms. The first kappa shape index (κ1) is 13.9. The zero-order valence-electron chi connectivity index (χ0n) is 9.05. The molecular formula is C11H5Cl2F3N2O. The molecule has 1 N–H and O–H groups in total. The summed E-state index contributed by atoms with van der Waals surface area (Å²) in [5, 5.41) is 4.49. The molecule has 0 saturated heterocycles. The normalized spacial score (nSPS) is 11.6. The number of alkyl halides is 3. The van der Waals surface area contributed by atoms with Gasteiger partial charge in [0.2, 0.25) is 0 Å². The molecule has 1 aromatic heterocycles. The highest BCUT2D eigenvalue weighted by Gasteiger charge is 2.39. The summed E-state index contributed by atoms with van der Waals surface area (Å²) in [6.45, 7) is 0. The molecule has 100 valence electrons. The van der Waals surface area contributed by atoms with Gasteiger partial charge in [-0.1, -0.05) is 23.7 Å². The third-order valence-electron chi connectivity index (χ3n) is 2.36. The predicted molar refractivity (Wildman–Crippen MR) is 64.2 cm³/mol. The van der Waals surface area contributed by atoms with Crippen LogP contribution in [0, 0.1) is 0 Å². The molecule has 0 bridgehead atoms. The van der Waals surface area contributed by atoms with Crippen molar-refractivity contribution in [1.29, 1.82) is 0 Å². The molecule has 0 aliphatic heterocycles. The number of nitrogens with zero attached hydrogens (tertiary/aromatic N) is 1. The van der Waals surface area contributed by atoms with Crippen molar-refractivity contribution in [3.63, 3.8) is 0 Å². The van der Waals surface area contributed by atoms with Gasteiger partial charge in [-0.15, -0.1) is 0 Å². The van der Waals surface area contributed by atoms with Crippen LogP contribution in [-0.2, 0) is 6.18 Å². The Morgan fingerprint density at radius 3 is 2.26 bits per heavy atom. The fraction of sp³-hybridized carbons (Fsp3) is 0.0909. The maximum absolute atomic E-state index is 12.7.